The van der Waals surface area contributed by atoms with Gasteiger partial charge in [0, 0.05) is 5.56 Å². The maximum absolute atomic E-state index is 13.5. The third kappa shape index (κ3) is 6.81. The number of hydrazone groups is 1. The lowest BCUT2D eigenvalue weighted by Crippen LogP contribution is -2.41. The van der Waals surface area contributed by atoms with Gasteiger partial charge in [-0.1, -0.05) is 30.3 Å². The predicted molar refractivity (Wildman–Crippen MR) is 110 cm³/mol. The van der Waals surface area contributed by atoms with Gasteiger partial charge in [0.25, 0.3) is 5.56 Å². The number of aromatic amines is 1. The summed E-state index contributed by atoms with van der Waals surface area (Å²) in [4.78, 5) is 18.7. The standard InChI is InChI=1S/C21H13F6N5O3/c22-18(35-21(25,26)27)20(23,24)34-14-8-6-12(7-9-14)11-29-32-19-30-16(13-4-2-1-3-5-13)15(10-28)17(33)31-19/h1-9,11,18H,(H2,30,31,32,33). The second-order valence-electron chi connectivity index (χ2n) is 6.60. The van der Waals surface area contributed by atoms with E-state index in [4.69, 9.17) is 0 Å². The maximum Gasteiger partial charge on any atom is 0.525 e. The Morgan fingerprint density at radius 1 is 1.09 bits per heavy atom. The van der Waals surface area contributed by atoms with Crippen LogP contribution in [0.3, 0.4) is 0 Å². The van der Waals surface area contributed by atoms with E-state index in [9.17, 15) is 36.4 Å². The lowest BCUT2D eigenvalue weighted by Gasteiger charge is -2.22. The van der Waals surface area contributed by atoms with Crippen molar-refractivity contribution in [2.24, 2.45) is 5.10 Å². The van der Waals surface area contributed by atoms with Crippen LogP contribution < -0.4 is 15.7 Å². The number of halogens is 6. The minimum Gasteiger partial charge on any atom is -0.429 e. The number of nitrogens with zero attached hydrogens (tertiary/aromatic N) is 3. The smallest absolute Gasteiger partial charge is 0.429 e. The van der Waals surface area contributed by atoms with Crippen molar-refractivity contribution in [2.75, 3.05) is 5.43 Å². The minimum atomic E-state index is -5.62. The van der Waals surface area contributed by atoms with Gasteiger partial charge in [0.1, 0.15) is 17.4 Å². The summed E-state index contributed by atoms with van der Waals surface area (Å²) in [7, 11) is 0. The molecule has 3 aromatic rings. The van der Waals surface area contributed by atoms with Crippen LogP contribution in [0.2, 0.25) is 0 Å². The summed E-state index contributed by atoms with van der Waals surface area (Å²) in [5, 5.41) is 13.1. The highest BCUT2D eigenvalue weighted by molar-refractivity contribution is 5.80. The molecule has 8 nitrogen and oxygen atoms in total. The summed E-state index contributed by atoms with van der Waals surface area (Å²) in [5.74, 6) is -0.735. The molecule has 0 aliphatic carbocycles. The van der Waals surface area contributed by atoms with Crippen LogP contribution in [0.1, 0.15) is 11.1 Å². The van der Waals surface area contributed by atoms with Crippen molar-refractivity contribution in [3.05, 3.63) is 76.1 Å². The molecule has 0 saturated heterocycles. The molecule has 0 fully saturated rings. The van der Waals surface area contributed by atoms with Gasteiger partial charge in [-0.05, 0) is 29.8 Å². The first kappa shape index (κ1) is 25.2. The molecule has 0 aliphatic heterocycles. The van der Waals surface area contributed by atoms with Crippen molar-refractivity contribution < 1.29 is 35.8 Å². The normalized spacial score (nSPS) is 12.8. The second kappa shape index (κ2) is 10.3. The third-order valence-electron chi connectivity index (χ3n) is 4.10. The average molecular weight is 497 g/mol. The number of hydrogen-bond donors (Lipinski definition) is 2. The monoisotopic (exact) mass is 497 g/mol. The zero-order valence-electron chi connectivity index (χ0n) is 17.2. The van der Waals surface area contributed by atoms with Gasteiger partial charge in [-0.15, -0.1) is 13.2 Å². The number of rotatable bonds is 8. The number of benzene rings is 2. The Hall–Kier alpha value is -4.38. The Labute approximate surface area is 192 Å². The Kier molecular flexibility index (Phi) is 7.40. The topological polar surface area (TPSA) is 112 Å². The van der Waals surface area contributed by atoms with Crippen LogP contribution in [-0.2, 0) is 4.74 Å². The van der Waals surface area contributed by atoms with Crippen LogP contribution in [0.15, 0.2) is 64.5 Å². The number of nitrogens with one attached hydrogen (secondary N) is 2. The van der Waals surface area contributed by atoms with Gasteiger partial charge in [0.15, 0.2) is 0 Å². The van der Waals surface area contributed by atoms with Crippen molar-refractivity contribution in [3.63, 3.8) is 0 Å². The van der Waals surface area contributed by atoms with Gasteiger partial charge in [0.05, 0.1) is 11.9 Å². The Bertz CT molecular complexity index is 1290. The van der Waals surface area contributed by atoms with Crippen molar-refractivity contribution in [3.8, 4) is 23.1 Å². The SMILES string of the molecule is N#Cc1c(-c2ccccc2)nc(NN=Cc2ccc(OC(F)(F)C(F)OC(F)(F)F)cc2)[nH]c1=O. The van der Waals surface area contributed by atoms with Crippen LogP contribution in [0.4, 0.5) is 32.3 Å². The number of H-pyrrole nitrogens is 1. The van der Waals surface area contributed by atoms with E-state index in [1.807, 2.05) is 0 Å². The number of anilines is 1. The summed E-state index contributed by atoms with van der Waals surface area (Å²) in [6, 6.07) is 14.5. The van der Waals surface area contributed by atoms with Crippen LogP contribution in [-0.4, -0.2) is 35.0 Å². The molecule has 2 N–H and O–H groups in total. The highest BCUT2D eigenvalue weighted by Crippen LogP contribution is 2.31. The van der Waals surface area contributed by atoms with Gasteiger partial charge in [-0.25, -0.2) is 19.5 Å². The Morgan fingerprint density at radius 3 is 2.34 bits per heavy atom. The van der Waals surface area contributed by atoms with E-state index in [-0.39, 0.29) is 17.2 Å². The van der Waals surface area contributed by atoms with E-state index in [2.05, 4.69) is 30.0 Å². The zero-order chi connectivity index (χ0) is 25.6. The van der Waals surface area contributed by atoms with Gasteiger partial charge in [-0.2, -0.15) is 19.1 Å². The van der Waals surface area contributed by atoms with Crippen LogP contribution in [0.25, 0.3) is 11.3 Å². The highest BCUT2D eigenvalue weighted by Gasteiger charge is 2.50. The lowest BCUT2D eigenvalue weighted by atomic mass is 10.1. The van der Waals surface area contributed by atoms with E-state index in [0.29, 0.717) is 11.1 Å². The van der Waals surface area contributed by atoms with E-state index in [1.54, 1.807) is 36.4 Å². The molecular weight excluding hydrogens is 484 g/mol. The summed E-state index contributed by atoms with van der Waals surface area (Å²) in [5.41, 5.74) is 2.49. The van der Waals surface area contributed by atoms with E-state index in [0.717, 1.165) is 12.1 Å². The van der Waals surface area contributed by atoms with Crippen LogP contribution in [0, 0.1) is 11.3 Å². The molecule has 0 aliphatic rings. The molecule has 0 radical (unpaired) electrons. The summed E-state index contributed by atoms with van der Waals surface area (Å²) in [6.07, 6.45) is -13.4. The molecule has 1 aromatic heterocycles. The van der Waals surface area contributed by atoms with Gasteiger partial charge >= 0.3 is 18.8 Å². The Morgan fingerprint density at radius 2 is 1.74 bits per heavy atom. The van der Waals surface area contributed by atoms with E-state index < -0.39 is 30.1 Å². The van der Waals surface area contributed by atoms with Crippen molar-refractivity contribution in [1.82, 2.24) is 9.97 Å². The van der Waals surface area contributed by atoms with Crippen molar-refractivity contribution in [1.29, 1.82) is 5.26 Å². The van der Waals surface area contributed by atoms with Crippen LogP contribution in [0.5, 0.6) is 5.75 Å². The number of aromatic nitrogens is 2. The molecule has 0 saturated carbocycles. The molecule has 0 spiro atoms. The van der Waals surface area contributed by atoms with Gasteiger partial charge in [-0.3, -0.25) is 9.78 Å². The fourth-order valence-corrected chi connectivity index (χ4v) is 2.61. The van der Waals surface area contributed by atoms with E-state index in [1.165, 1.54) is 18.3 Å². The molecule has 0 bridgehead atoms. The molecular formula is C21H13F6N5O3. The van der Waals surface area contributed by atoms with Crippen molar-refractivity contribution in [2.45, 2.75) is 18.8 Å². The first-order valence-corrected chi connectivity index (χ1v) is 9.43. The predicted octanol–water partition coefficient (Wildman–Crippen LogP) is 4.56. The molecule has 182 valence electrons. The molecule has 1 heterocycles. The van der Waals surface area contributed by atoms with Crippen LogP contribution >= 0.6 is 0 Å². The lowest BCUT2D eigenvalue weighted by molar-refractivity contribution is -0.411. The average Bonchev–Trinajstić information content (AvgIpc) is 2.79. The molecule has 2 aromatic carbocycles. The zero-order valence-corrected chi connectivity index (χ0v) is 17.2. The number of ether oxygens (including phenoxy) is 2. The quantitative estimate of drug-likeness (QED) is 0.268. The fraction of sp³-hybridized carbons (Fsp3) is 0.143. The summed E-state index contributed by atoms with van der Waals surface area (Å²) in [6.45, 7) is 0. The van der Waals surface area contributed by atoms with Crippen molar-refractivity contribution >= 4 is 12.2 Å². The van der Waals surface area contributed by atoms with Gasteiger partial charge in [0.2, 0.25) is 5.95 Å². The molecule has 1 atom stereocenters. The maximum atomic E-state index is 13.5. The minimum absolute atomic E-state index is 0.0950. The molecule has 0 amide bonds. The first-order valence-electron chi connectivity index (χ1n) is 9.43. The second-order valence-corrected chi connectivity index (χ2v) is 6.60. The molecule has 35 heavy (non-hydrogen) atoms. The largest absolute Gasteiger partial charge is 0.525 e. The Balaban J connectivity index is 1.69. The first-order chi connectivity index (χ1) is 16.5. The number of hydrogen-bond acceptors (Lipinski definition) is 7. The molecule has 14 heteroatoms. The number of nitriles is 1. The fourth-order valence-electron chi connectivity index (χ4n) is 2.61. The third-order valence-corrected chi connectivity index (χ3v) is 4.10. The number of alkyl halides is 6. The molecule has 3 rings (SSSR count). The van der Waals surface area contributed by atoms with E-state index >= 15 is 0 Å². The highest BCUT2D eigenvalue weighted by atomic mass is 19.4. The summed E-state index contributed by atoms with van der Waals surface area (Å²) < 4.78 is 82.4. The summed E-state index contributed by atoms with van der Waals surface area (Å²) >= 11 is 0. The molecule has 1 unspecified atom stereocenters. The van der Waals surface area contributed by atoms with Gasteiger partial charge < -0.3 is 4.74 Å².